The first-order valence-electron chi connectivity index (χ1n) is 3.81. The van der Waals surface area contributed by atoms with Gasteiger partial charge in [-0.2, -0.15) is 0 Å². The molecule has 0 aromatic carbocycles. The van der Waals surface area contributed by atoms with Crippen LogP contribution in [0.15, 0.2) is 0 Å². The van der Waals surface area contributed by atoms with Gasteiger partial charge in [-0.05, 0) is 13.3 Å². The smallest absolute Gasteiger partial charge is 0.404 e. The van der Waals surface area contributed by atoms with E-state index in [1.54, 1.807) is 0 Å². The molecule has 0 saturated carbocycles. The average Bonchev–Trinajstić information content (AvgIpc) is 1.98. The lowest BCUT2D eigenvalue weighted by atomic mass is 10.3. The number of rotatable bonds is 6. The van der Waals surface area contributed by atoms with E-state index in [4.69, 9.17) is 15.6 Å². The Morgan fingerprint density at radius 1 is 1.58 bits per heavy atom. The van der Waals surface area contributed by atoms with Gasteiger partial charge in [-0.15, -0.1) is 0 Å². The monoisotopic (exact) mass is 177 g/mol. The number of aliphatic hydroxyl groups is 1. The van der Waals surface area contributed by atoms with Crippen LogP contribution in [0.3, 0.4) is 0 Å². The van der Waals surface area contributed by atoms with Gasteiger partial charge in [-0.1, -0.05) is 0 Å². The third kappa shape index (κ3) is 7.30. The molecule has 1 amide bonds. The number of amides is 1. The van der Waals surface area contributed by atoms with Crippen molar-refractivity contribution in [2.24, 2.45) is 5.73 Å². The fraction of sp³-hybridized carbons (Fsp3) is 0.857. The third-order valence-corrected chi connectivity index (χ3v) is 1.27. The number of carbonyl (C=O) groups excluding carboxylic acids is 1. The SMILES string of the molecule is CC(CCO)OCCOC(N)=O. The Labute approximate surface area is 71.5 Å². The number of hydrogen-bond donors (Lipinski definition) is 2. The molecular weight excluding hydrogens is 162 g/mol. The molecule has 5 heteroatoms. The van der Waals surface area contributed by atoms with Crippen molar-refractivity contribution in [2.75, 3.05) is 19.8 Å². The summed E-state index contributed by atoms with van der Waals surface area (Å²) in [5.74, 6) is 0. The fourth-order valence-electron chi connectivity index (χ4n) is 0.657. The summed E-state index contributed by atoms with van der Waals surface area (Å²) in [6.45, 7) is 2.40. The maximum absolute atomic E-state index is 10.1. The van der Waals surface area contributed by atoms with Crippen LogP contribution in [0.5, 0.6) is 0 Å². The van der Waals surface area contributed by atoms with E-state index in [1.807, 2.05) is 6.92 Å². The normalized spacial score (nSPS) is 12.5. The summed E-state index contributed by atoms with van der Waals surface area (Å²) in [7, 11) is 0. The number of primary amides is 1. The highest BCUT2D eigenvalue weighted by molar-refractivity contribution is 5.64. The van der Waals surface area contributed by atoms with Crippen molar-refractivity contribution in [3.8, 4) is 0 Å². The molecule has 0 heterocycles. The van der Waals surface area contributed by atoms with Gasteiger partial charge in [-0.3, -0.25) is 0 Å². The molecule has 0 aliphatic heterocycles. The van der Waals surface area contributed by atoms with Crippen molar-refractivity contribution >= 4 is 6.09 Å². The molecule has 12 heavy (non-hydrogen) atoms. The maximum atomic E-state index is 10.1. The van der Waals surface area contributed by atoms with E-state index in [0.717, 1.165) is 0 Å². The van der Waals surface area contributed by atoms with Gasteiger partial charge in [-0.25, -0.2) is 4.79 Å². The molecule has 0 saturated heterocycles. The predicted octanol–water partition coefficient (Wildman–Crippen LogP) is -0.131. The van der Waals surface area contributed by atoms with Crippen molar-refractivity contribution in [1.82, 2.24) is 0 Å². The molecule has 0 aliphatic carbocycles. The van der Waals surface area contributed by atoms with Crippen molar-refractivity contribution in [1.29, 1.82) is 0 Å². The molecule has 0 rings (SSSR count). The van der Waals surface area contributed by atoms with Crippen molar-refractivity contribution in [2.45, 2.75) is 19.4 Å². The topological polar surface area (TPSA) is 81.8 Å². The third-order valence-electron chi connectivity index (χ3n) is 1.27. The minimum atomic E-state index is -0.798. The van der Waals surface area contributed by atoms with Crippen molar-refractivity contribution in [3.05, 3.63) is 0 Å². The van der Waals surface area contributed by atoms with Gasteiger partial charge in [0.1, 0.15) is 6.61 Å². The lowest BCUT2D eigenvalue weighted by molar-refractivity contribution is 0.0209. The second-order valence-corrected chi connectivity index (χ2v) is 2.36. The molecule has 0 radical (unpaired) electrons. The Morgan fingerprint density at radius 2 is 2.25 bits per heavy atom. The van der Waals surface area contributed by atoms with Gasteiger partial charge >= 0.3 is 6.09 Å². The lowest BCUT2D eigenvalue weighted by Crippen LogP contribution is -2.19. The molecule has 0 bridgehead atoms. The van der Waals surface area contributed by atoms with Crippen LogP contribution in [0.25, 0.3) is 0 Å². The van der Waals surface area contributed by atoms with Crippen LogP contribution in [0.2, 0.25) is 0 Å². The molecular formula is C7H15NO4. The molecule has 0 aliphatic rings. The zero-order valence-electron chi connectivity index (χ0n) is 7.16. The number of carbonyl (C=O) groups is 1. The van der Waals surface area contributed by atoms with E-state index >= 15 is 0 Å². The van der Waals surface area contributed by atoms with Gasteiger partial charge in [0.2, 0.25) is 0 Å². The van der Waals surface area contributed by atoms with Gasteiger partial charge < -0.3 is 20.3 Å². The minimum Gasteiger partial charge on any atom is -0.447 e. The van der Waals surface area contributed by atoms with Crippen molar-refractivity contribution in [3.63, 3.8) is 0 Å². The van der Waals surface area contributed by atoms with Gasteiger partial charge in [0.25, 0.3) is 0 Å². The molecule has 0 fully saturated rings. The summed E-state index contributed by atoms with van der Waals surface area (Å²) in [4.78, 5) is 10.1. The quantitative estimate of drug-likeness (QED) is 0.554. The van der Waals surface area contributed by atoms with Gasteiger partial charge in [0.05, 0.1) is 12.7 Å². The Morgan fingerprint density at radius 3 is 2.75 bits per heavy atom. The standard InChI is InChI=1S/C7H15NO4/c1-6(2-3-9)11-4-5-12-7(8)10/h6,9H,2-5H2,1H3,(H2,8,10). The molecule has 0 aromatic heterocycles. The number of ether oxygens (including phenoxy) is 2. The largest absolute Gasteiger partial charge is 0.447 e. The first kappa shape index (κ1) is 11.2. The van der Waals surface area contributed by atoms with Crippen LogP contribution in [-0.2, 0) is 9.47 Å². The van der Waals surface area contributed by atoms with Crippen LogP contribution in [0.1, 0.15) is 13.3 Å². The van der Waals surface area contributed by atoms with E-state index in [9.17, 15) is 4.79 Å². The Hall–Kier alpha value is -0.810. The highest BCUT2D eigenvalue weighted by Crippen LogP contribution is 1.95. The second kappa shape index (κ2) is 6.87. The average molecular weight is 177 g/mol. The van der Waals surface area contributed by atoms with E-state index in [2.05, 4.69) is 4.74 Å². The first-order chi connectivity index (χ1) is 5.66. The summed E-state index contributed by atoms with van der Waals surface area (Å²) in [6.07, 6.45) is -0.240. The summed E-state index contributed by atoms with van der Waals surface area (Å²) < 4.78 is 9.56. The van der Waals surface area contributed by atoms with Crippen LogP contribution in [0.4, 0.5) is 4.79 Å². The summed E-state index contributed by atoms with van der Waals surface area (Å²) >= 11 is 0. The number of hydrogen-bond acceptors (Lipinski definition) is 4. The molecule has 1 unspecified atom stereocenters. The fourth-order valence-corrected chi connectivity index (χ4v) is 0.657. The highest BCUT2D eigenvalue weighted by atomic mass is 16.6. The summed E-state index contributed by atoms with van der Waals surface area (Å²) in [6, 6.07) is 0. The second-order valence-electron chi connectivity index (χ2n) is 2.36. The number of aliphatic hydroxyl groups excluding tert-OH is 1. The highest BCUT2D eigenvalue weighted by Gasteiger charge is 2.00. The summed E-state index contributed by atoms with van der Waals surface area (Å²) in [5, 5.41) is 8.50. The van der Waals surface area contributed by atoms with Crippen LogP contribution in [0, 0.1) is 0 Å². The van der Waals surface area contributed by atoms with Crippen LogP contribution in [-0.4, -0.2) is 37.1 Å². The van der Waals surface area contributed by atoms with Gasteiger partial charge in [0, 0.05) is 6.61 Å². The van der Waals surface area contributed by atoms with Crippen LogP contribution >= 0.6 is 0 Å². The lowest BCUT2D eigenvalue weighted by Gasteiger charge is -2.10. The zero-order chi connectivity index (χ0) is 9.40. The molecule has 0 spiro atoms. The Balaban J connectivity index is 3.13. The minimum absolute atomic E-state index is 0.0218. The van der Waals surface area contributed by atoms with E-state index in [1.165, 1.54) is 0 Å². The molecule has 0 aromatic rings. The van der Waals surface area contributed by atoms with E-state index in [0.29, 0.717) is 13.0 Å². The maximum Gasteiger partial charge on any atom is 0.404 e. The summed E-state index contributed by atoms with van der Waals surface area (Å²) in [5.41, 5.74) is 4.71. The molecule has 5 nitrogen and oxygen atoms in total. The number of nitrogens with two attached hydrogens (primary N) is 1. The van der Waals surface area contributed by atoms with Crippen molar-refractivity contribution < 1.29 is 19.4 Å². The molecule has 72 valence electrons. The Kier molecular flexibility index (Phi) is 6.41. The van der Waals surface area contributed by atoms with E-state index < -0.39 is 6.09 Å². The zero-order valence-corrected chi connectivity index (χ0v) is 7.16. The molecule has 3 N–H and O–H groups in total. The van der Waals surface area contributed by atoms with E-state index in [-0.39, 0.29) is 19.3 Å². The Bertz CT molecular complexity index is 129. The predicted molar refractivity (Wildman–Crippen MR) is 42.7 cm³/mol. The van der Waals surface area contributed by atoms with Gasteiger partial charge in [0.15, 0.2) is 0 Å². The van der Waals surface area contributed by atoms with Crippen LogP contribution < -0.4 is 5.73 Å². The molecule has 1 atom stereocenters. The first-order valence-corrected chi connectivity index (χ1v) is 3.81.